The number of hydrogen-bond donors (Lipinski definition) is 2. The first kappa shape index (κ1) is 20.1. The second kappa shape index (κ2) is 7.29. The topological polar surface area (TPSA) is 94.1 Å². The highest BCUT2D eigenvalue weighted by Gasteiger charge is 2.44. The van der Waals surface area contributed by atoms with Gasteiger partial charge in [-0.2, -0.15) is 5.10 Å². The molecule has 0 aromatic carbocycles. The zero-order chi connectivity index (χ0) is 18.7. The normalized spacial score (nSPS) is 20.7. The number of amides is 3. The third kappa shape index (κ3) is 3.92. The van der Waals surface area contributed by atoms with Crippen LogP contribution in [-0.2, 0) is 14.4 Å². The molecule has 0 radical (unpaired) electrons. The van der Waals surface area contributed by atoms with Crippen LogP contribution in [0.1, 0.15) is 34.1 Å². The molecule has 1 heterocycles. The Hall–Kier alpha value is -1.96. The summed E-state index contributed by atoms with van der Waals surface area (Å²) in [6.07, 6.45) is 0.621. The number of nitrogens with zero attached hydrogens (tertiary/aromatic N) is 3. The highest BCUT2D eigenvalue weighted by molar-refractivity contribution is 6.12. The maximum atomic E-state index is 12.6. The average Bonchev–Trinajstić information content (AvgIpc) is 2.78. The minimum absolute atomic E-state index is 0.142. The number of hydrogen-bond acceptors (Lipinski definition) is 5. The van der Waals surface area contributed by atoms with Crippen molar-refractivity contribution in [3.05, 3.63) is 0 Å². The Morgan fingerprint density at radius 1 is 1.29 bits per heavy atom. The second-order valence-corrected chi connectivity index (χ2v) is 7.12. The molecule has 0 saturated heterocycles. The Balaban J connectivity index is 2.77. The van der Waals surface area contributed by atoms with Crippen LogP contribution in [0.4, 0.5) is 0 Å². The Morgan fingerprint density at radius 3 is 2.38 bits per heavy atom. The summed E-state index contributed by atoms with van der Waals surface area (Å²) in [5.41, 5.74) is 1.29. The Morgan fingerprint density at radius 2 is 1.88 bits per heavy atom. The van der Waals surface area contributed by atoms with E-state index in [-0.39, 0.29) is 30.8 Å². The Bertz CT molecular complexity index is 556. The van der Waals surface area contributed by atoms with Gasteiger partial charge in [0.1, 0.15) is 11.0 Å². The van der Waals surface area contributed by atoms with Crippen molar-refractivity contribution in [2.45, 2.75) is 39.7 Å². The van der Waals surface area contributed by atoms with E-state index in [0.29, 0.717) is 12.1 Å². The van der Waals surface area contributed by atoms with Crippen LogP contribution in [0.2, 0.25) is 0 Å². The lowest BCUT2D eigenvalue weighted by Crippen LogP contribution is -2.58. The van der Waals surface area contributed by atoms with Gasteiger partial charge in [-0.05, 0) is 41.3 Å². The van der Waals surface area contributed by atoms with E-state index in [2.05, 4.69) is 15.8 Å². The van der Waals surface area contributed by atoms with Gasteiger partial charge in [0.05, 0.1) is 12.3 Å². The third-order valence-electron chi connectivity index (χ3n) is 4.59. The van der Waals surface area contributed by atoms with Crippen LogP contribution in [-0.4, -0.2) is 73.0 Å². The van der Waals surface area contributed by atoms with Gasteiger partial charge in [0.2, 0.25) is 11.8 Å². The molecular weight excluding hydrogens is 310 g/mol. The van der Waals surface area contributed by atoms with Gasteiger partial charge in [-0.3, -0.25) is 14.4 Å². The molecule has 1 aliphatic rings. The summed E-state index contributed by atoms with van der Waals surface area (Å²) in [4.78, 5) is 40.0. The van der Waals surface area contributed by atoms with E-state index < -0.39 is 11.0 Å². The van der Waals surface area contributed by atoms with Crippen molar-refractivity contribution >= 4 is 23.4 Å². The van der Waals surface area contributed by atoms with Crippen molar-refractivity contribution in [1.82, 2.24) is 20.5 Å². The molecule has 24 heavy (non-hydrogen) atoms. The van der Waals surface area contributed by atoms with Crippen molar-refractivity contribution in [2.24, 2.45) is 10.5 Å². The van der Waals surface area contributed by atoms with Crippen LogP contribution in [0, 0.1) is 5.41 Å². The molecule has 0 aromatic heterocycles. The lowest BCUT2D eigenvalue weighted by atomic mass is 9.83. The van der Waals surface area contributed by atoms with E-state index in [0.717, 1.165) is 0 Å². The van der Waals surface area contributed by atoms with Crippen molar-refractivity contribution in [3.8, 4) is 0 Å². The molecule has 2 N–H and O–H groups in total. The molecule has 1 atom stereocenters. The monoisotopic (exact) mass is 339 g/mol. The van der Waals surface area contributed by atoms with Crippen LogP contribution >= 0.6 is 0 Å². The maximum absolute atomic E-state index is 12.6. The molecule has 8 heteroatoms. The molecule has 0 saturated carbocycles. The van der Waals surface area contributed by atoms with E-state index in [4.69, 9.17) is 0 Å². The molecule has 0 aromatic rings. The van der Waals surface area contributed by atoms with Gasteiger partial charge in [0.15, 0.2) is 0 Å². The van der Waals surface area contributed by atoms with E-state index >= 15 is 0 Å². The zero-order valence-corrected chi connectivity index (χ0v) is 15.7. The standard InChI is InChI=1S/C16H29N5O3/c1-8-11-16(4,14(24)19-18-11)10-17-13(23)15(2,3)21(7)12(22)9-20(5)6/h8-10H2,1-7H3,(H,17,23)(H,19,24). The molecule has 1 aliphatic heterocycles. The summed E-state index contributed by atoms with van der Waals surface area (Å²) in [6.45, 7) is 7.40. The minimum Gasteiger partial charge on any atom is -0.353 e. The molecule has 0 aliphatic carbocycles. The van der Waals surface area contributed by atoms with Gasteiger partial charge in [-0.25, -0.2) is 5.43 Å². The molecule has 136 valence electrons. The highest BCUT2D eigenvalue weighted by atomic mass is 16.2. The van der Waals surface area contributed by atoms with Crippen LogP contribution < -0.4 is 10.7 Å². The highest BCUT2D eigenvalue weighted by Crippen LogP contribution is 2.25. The number of likely N-dealkylation sites (N-methyl/N-ethyl adjacent to an activating group) is 2. The lowest BCUT2D eigenvalue weighted by Gasteiger charge is -2.36. The predicted molar refractivity (Wildman–Crippen MR) is 92.4 cm³/mol. The first-order valence-corrected chi connectivity index (χ1v) is 8.04. The molecule has 8 nitrogen and oxygen atoms in total. The molecule has 0 bridgehead atoms. The summed E-state index contributed by atoms with van der Waals surface area (Å²) in [5, 5.41) is 6.82. The first-order chi connectivity index (χ1) is 11.0. The number of hydrazone groups is 1. The number of carbonyl (C=O) groups is 3. The number of nitrogens with one attached hydrogen (secondary N) is 2. The van der Waals surface area contributed by atoms with E-state index in [9.17, 15) is 14.4 Å². The first-order valence-electron chi connectivity index (χ1n) is 8.04. The summed E-state index contributed by atoms with van der Waals surface area (Å²) < 4.78 is 0. The van der Waals surface area contributed by atoms with Crippen LogP contribution in [0.15, 0.2) is 5.10 Å². The van der Waals surface area contributed by atoms with Gasteiger partial charge in [-0.15, -0.1) is 0 Å². The third-order valence-corrected chi connectivity index (χ3v) is 4.59. The molecule has 1 rings (SSSR count). The fourth-order valence-corrected chi connectivity index (χ4v) is 2.46. The van der Waals surface area contributed by atoms with Gasteiger partial charge >= 0.3 is 0 Å². The van der Waals surface area contributed by atoms with Gasteiger partial charge in [0.25, 0.3) is 5.91 Å². The minimum atomic E-state index is -1.03. The quantitative estimate of drug-likeness (QED) is 0.672. The smallest absolute Gasteiger partial charge is 0.253 e. The van der Waals surface area contributed by atoms with Crippen LogP contribution in [0.3, 0.4) is 0 Å². The van der Waals surface area contributed by atoms with E-state index in [1.807, 2.05) is 6.92 Å². The van der Waals surface area contributed by atoms with Crippen LogP contribution in [0.5, 0.6) is 0 Å². The number of carbonyl (C=O) groups excluding carboxylic acids is 3. The van der Waals surface area contributed by atoms with E-state index in [1.165, 1.54) is 4.90 Å². The zero-order valence-electron chi connectivity index (χ0n) is 15.7. The summed E-state index contributed by atoms with van der Waals surface area (Å²) >= 11 is 0. The molecule has 0 spiro atoms. The largest absolute Gasteiger partial charge is 0.353 e. The summed E-state index contributed by atoms with van der Waals surface area (Å²) in [7, 11) is 5.20. The van der Waals surface area contributed by atoms with Gasteiger partial charge in [-0.1, -0.05) is 6.92 Å². The van der Waals surface area contributed by atoms with E-state index in [1.54, 1.807) is 46.8 Å². The molecule has 1 unspecified atom stereocenters. The van der Waals surface area contributed by atoms with Crippen molar-refractivity contribution in [3.63, 3.8) is 0 Å². The predicted octanol–water partition coefficient (Wildman–Crippen LogP) is -0.197. The lowest BCUT2D eigenvalue weighted by molar-refractivity contribution is -0.144. The maximum Gasteiger partial charge on any atom is 0.253 e. The van der Waals surface area contributed by atoms with Crippen LogP contribution in [0.25, 0.3) is 0 Å². The molecule has 0 fully saturated rings. The second-order valence-electron chi connectivity index (χ2n) is 7.12. The Kier molecular flexibility index (Phi) is 6.10. The summed E-state index contributed by atoms with van der Waals surface area (Å²) in [5.74, 6) is -0.691. The fourth-order valence-electron chi connectivity index (χ4n) is 2.46. The Labute approximate surface area is 143 Å². The summed E-state index contributed by atoms with van der Waals surface area (Å²) in [6, 6.07) is 0. The molecular formula is C16H29N5O3. The van der Waals surface area contributed by atoms with Gasteiger partial charge in [0, 0.05) is 13.6 Å². The number of rotatable bonds is 7. The average molecular weight is 339 g/mol. The van der Waals surface area contributed by atoms with Crippen molar-refractivity contribution in [2.75, 3.05) is 34.2 Å². The fraction of sp³-hybridized carbons (Fsp3) is 0.750. The molecule has 3 amide bonds. The van der Waals surface area contributed by atoms with Gasteiger partial charge < -0.3 is 15.1 Å². The van der Waals surface area contributed by atoms with Crippen molar-refractivity contribution < 1.29 is 14.4 Å². The van der Waals surface area contributed by atoms with Crippen molar-refractivity contribution in [1.29, 1.82) is 0 Å². The SMILES string of the molecule is CCC1=NNC(=O)C1(C)CNC(=O)C(C)(C)N(C)C(=O)CN(C)C.